The summed E-state index contributed by atoms with van der Waals surface area (Å²) in [7, 11) is 0. The Labute approximate surface area is 90.4 Å². The minimum absolute atomic E-state index is 0.345. The molecule has 0 radical (unpaired) electrons. The average Bonchev–Trinajstić information content (AvgIpc) is 2.34. The fraction of sp³-hybridized carbons (Fsp3) is 0.231. The molecular formula is C13H15NO. The molecule has 0 unspecified atom stereocenters. The van der Waals surface area contributed by atoms with Crippen molar-refractivity contribution in [2.45, 2.75) is 19.3 Å². The first-order valence-electron chi connectivity index (χ1n) is 4.97. The van der Waals surface area contributed by atoms with Gasteiger partial charge in [0.1, 0.15) is 5.78 Å². The third kappa shape index (κ3) is 3.17. The van der Waals surface area contributed by atoms with Gasteiger partial charge in [-0.1, -0.05) is 6.08 Å². The van der Waals surface area contributed by atoms with Crippen LogP contribution in [0.5, 0.6) is 0 Å². The molecule has 15 heavy (non-hydrogen) atoms. The third-order valence-electron chi connectivity index (χ3n) is 2.30. The van der Waals surface area contributed by atoms with E-state index >= 15 is 0 Å². The van der Waals surface area contributed by atoms with E-state index in [-0.39, 0.29) is 0 Å². The highest BCUT2D eigenvalue weighted by molar-refractivity contribution is 5.86. The van der Waals surface area contributed by atoms with Gasteiger partial charge in [-0.15, -0.1) is 13.2 Å². The van der Waals surface area contributed by atoms with E-state index in [2.05, 4.69) is 18.1 Å². The predicted octanol–water partition coefficient (Wildman–Crippen LogP) is 3.02. The molecule has 1 aromatic rings. The zero-order valence-corrected chi connectivity index (χ0v) is 8.78. The molecule has 0 atom stereocenters. The van der Waals surface area contributed by atoms with E-state index in [1.807, 2.05) is 18.2 Å². The zero-order valence-electron chi connectivity index (χ0n) is 8.78. The molecule has 0 aliphatic heterocycles. The summed E-state index contributed by atoms with van der Waals surface area (Å²) in [5.41, 5.74) is 2.48. The molecule has 0 bridgehead atoms. The van der Waals surface area contributed by atoms with Crippen molar-refractivity contribution < 1.29 is 4.79 Å². The van der Waals surface area contributed by atoms with Crippen LogP contribution in [0.25, 0.3) is 5.57 Å². The summed E-state index contributed by atoms with van der Waals surface area (Å²) in [6.45, 7) is 6.00. The van der Waals surface area contributed by atoms with Crippen LogP contribution >= 0.6 is 0 Å². The quantitative estimate of drug-likeness (QED) is 0.654. The number of aromatic nitrogens is 1. The standard InChI is InChI=1S/C11H11NO.C2H4/c13-11-3-1-9(2-4-11)10-5-7-12-8-6-10;1-2/h1,5-8H,2-4H2;1-2H2. The van der Waals surface area contributed by atoms with E-state index in [0.717, 1.165) is 6.42 Å². The van der Waals surface area contributed by atoms with Gasteiger partial charge in [-0.3, -0.25) is 9.78 Å². The van der Waals surface area contributed by atoms with Crippen molar-refractivity contribution in [3.05, 3.63) is 49.3 Å². The minimum atomic E-state index is 0.345. The van der Waals surface area contributed by atoms with Crippen LogP contribution in [0.2, 0.25) is 0 Å². The second-order valence-electron chi connectivity index (χ2n) is 3.21. The van der Waals surface area contributed by atoms with E-state index in [4.69, 9.17) is 0 Å². The van der Waals surface area contributed by atoms with Crippen LogP contribution in [-0.2, 0) is 4.79 Å². The highest BCUT2D eigenvalue weighted by atomic mass is 16.1. The van der Waals surface area contributed by atoms with Crippen LogP contribution in [0.1, 0.15) is 24.8 Å². The number of carbonyl (C=O) groups excluding carboxylic acids is 1. The SMILES string of the molecule is C=C.O=C1CC=C(c2ccncc2)CC1. The lowest BCUT2D eigenvalue weighted by Crippen LogP contribution is -2.02. The van der Waals surface area contributed by atoms with Gasteiger partial charge >= 0.3 is 0 Å². The average molecular weight is 201 g/mol. The Balaban J connectivity index is 0.000000531. The van der Waals surface area contributed by atoms with Crippen molar-refractivity contribution in [1.82, 2.24) is 4.98 Å². The summed E-state index contributed by atoms with van der Waals surface area (Å²) in [4.78, 5) is 14.9. The number of nitrogens with zero attached hydrogens (tertiary/aromatic N) is 1. The molecule has 0 amide bonds. The minimum Gasteiger partial charge on any atom is -0.299 e. The topological polar surface area (TPSA) is 30.0 Å². The van der Waals surface area contributed by atoms with Crippen LogP contribution in [0, 0.1) is 0 Å². The van der Waals surface area contributed by atoms with Gasteiger partial charge in [0.25, 0.3) is 0 Å². The number of carbonyl (C=O) groups is 1. The summed E-state index contributed by atoms with van der Waals surface area (Å²) >= 11 is 0. The maximum atomic E-state index is 11.0. The van der Waals surface area contributed by atoms with Gasteiger partial charge in [0.15, 0.2) is 0 Å². The van der Waals surface area contributed by atoms with Crippen molar-refractivity contribution in [3.63, 3.8) is 0 Å². The fourth-order valence-corrected chi connectivity index (χ4v) is 1.54. The molecule has 2 heteroatoms. The number of hydrogen-bond acceptors (Lipinski definition) is 2. The van der Waals surface area contributed by atoms with E-state index in [0.29, 0.717) is 18.6 Å². The van der Waals surface area contributed by atoms with Gasteiger partial charge in [-0.05, 0) is 29.7 Å². The molecule has 0 saturated carbocycles. The molecular weight excluding hydrogens is 186 g/mol. The summed E-state index contributed by atoms with van der Waals surface area (Å²) in [6, 6.07) is 3.98. The smallest absolute Gasteiger partial charge is 0.137 e. The first-order chi connectivity index (χ1) is 7.36. The molecule has 1 aromatic heterocycles. The van der Waals surface area contributed by atoms with Gasteiger partial charge in [-0.25, -0.2) is 0 Å². The van der Waals surface area contributed by atoms with Gasteiger partial charge < -0.3 is 0 Å². The first kappa shape index (κ1) is 11.4. The predicted molar refractivity (Wildman–Crippen MR) is 62.3 cm³/mol. The Morgan fingerprint density at radius 3 is 2.33 bits per heavy atom. The molecule has 2 nitrogen and oxygen atoms in total. The highest BCUT2D eigenvalue weighted by Crippen LogP contribution is 2.24. The fourth-order valence-electron chi connectivity index (χ4n) is 1.54. The molecule has 1 aliphatic carbocycles. The van der Waals surface area contributed by atoms with Gasteiger partial charge in [0.2, 0.25) is 0 Å². The lowest BCUT2D eigenvalue weighted by atomic mass is 9.94. The van der Waals surface area contributed by atoms with E-state index < -0.39 is 0 Å². The second kappa shape index (κ2) is 5.91. The molecule has 1 heterocycles. The number of allylic oxidation sites excluding steroid dienone is 2. The van der Waals surface area contributed by atoms with Crippen molar-refractivity contribution in [2.24, 2.45) is 0 Å². The Bertz CT molecular complexity index is 354. The van der Waals surface area contributed by atoms with Crippen LogP contribution in [-0.4, -0.2) is 10.8 Å². The second-order valence-corrected chi connectivity index (χ2v) is 3.21. The lowest BCUT2D eigenvalue weighted by Gasteiger charge is -2.11. The van der Waals surface area contributed by atoms with Crippen molar-refractivity contribution in [1.29, 1.82) is 0 Å². The Morgan fingerprint density at radius 1 is 1.13 bits per heavy atom. The largest absolute Gasteiger partial charge is 0.299 e. The molecule has 1 aliphatic rings. The third-order valence-corrected chi connectivity index (χ3v) is 2.30. The molecule has 0 aromatic carbocycles. The number of ketones is 1. The van der Waals surface area contributed by atoms with Gasteiger partial charge in [-0.2, -0.15) is 0 Å². The summed E-state index contributed by atoms with van der Waals surface area (Å²) in [5, 5.41) is 0. The normalized spacial score (nSPS) is 14.9. The Hall–Kier alpha value is -1.70. The number of rotatable bonds is 1. The van der Waals surface area contributed by atoms with Crippen molar-refractivity contribution in [2.75, 3.05) is 0 Å². The summed E-state index contributed by atoms with van der Waals surface area (Å²) in [5.74, 6) is 0.345. The maximum absolute atomic E-state index is 11.0. The Kier molecular flexibility index (Phi) is 4.48. The number of pyridine rings is 1. The van der Waals surface area contributed by atoms with Crippen LogP contribution in [0.4, 0.5) is 0 Å². The molecule has 2 rings (SSSR count). The monoisotopic (exact) mass is 201 g/mol. The van der Waals surface area contributed by atoms with Crippen LogP contribution in [0.3, 0.4) is 0 Å². The maximum Gasteiger partial charge on any atom is 0.137 e. The summed E-state index contributed by atoms with van der Waals surface area (Å²) in [6.07, 6.45) is 7.76. The zero-order chi connectivity index (χ0) is 11.1. The van der Waals surface area contributed by atoms with Crippen LogP contribution < -0.4 is 0 Å². The number of hydrogen-bond donors (Lipinski definition) is 0. The number of Topliss-reactive ketones (excluding diaryl/α,β-unsaturated/α-hetero) is 1. The van der Waals surface area contributed by atoms with E-state index in [9.17, 15) is 4.79 Å². The first-order valence-corrected chi connectivity index (χ1v) is 4.97. The summed E-state index contributed by atoms with van der Waals surface area (Å²) < 4.78 is 0. The van der Waals surface area contributed by atoms with Gasteiger partial charge in [0.05, 0.1) is 0 Å². The van der Waals surface area contributed by atoms with Crippen molar-refractivity contribution in [3.8, 4) is 0 Å². The highest BCUT2D eigenvalue weighted by Gasteiger charge is 2.10. The molecule has 0 fully saturated rings. The van der Waals surface area contributed by atoms with Gasteiger partial charge in [0, 0.05) is 25.2 Å². The van der Waals surface area contributed by atoms with Crippen molar-refractivity contribution >= 4 is 11.4 Å². The Morgan fingerprint density at radius 2 is 1.80 bits per heavy atom. The van der Waals surface area contributed by atoms with E-state index in [1.54, 1.807) is 12.4 Å². The lowest BCUT2D eigenvalue weighted by molar-refractivity contribution is -0.118. The molecule has 78 valence electrons. The molecule has 0 saturated heterocycles. The molecule has 0 spiro atoms. The molecule has 0 N–H and O–H groups in total. The van der Waals surface area contributed by atoms with E-state index in [1.165, 1.54) is 11.1 Å². The van der Waals surface area contributed by atoms with Crippen LogP contribution in [0.15, 0.2) is 43.8 Å².